The van der Waals surface area contributed by atoms with Gasteiger partial charge in [0.05, 0.1) is 0 Å². The van der Waals surface area contributed by atoms with E-state index >= 15 is 0 Å². The fourth-order valence-electron chi connectivity index (χ4n) is 0. The monoisotopic (exact) mass is 106 g/mol. The van der Waals surface area contributed by atoms with Gasteiger partial charge in [-0.05, 0) is 0 Å². The lowest BCUT2D eigenvalue weighted by Gasteiger charge is -1.67. The van der Waals surface area contributed by atoms with E-state index < -0.39 is 0 Å². The van der Waals surface area contributed by atoms with Gasteiger partial charge in [-0.1, -0.05) is 34.2 Å². The molecule has 0 N–H and O–H groups in total. The van der Waals surface area contributed by atoms with Gasteiger partial charge in [0.1, 0.15) is 0 Å². The van der Waals surface area contributed by atoms with Crippen LogP contribution in [-0.4, -0.2) is 10.2 Å². The highest BCUT2D eigenvalue weighted by atomic mass is 28.1. The molecular weight excluding hydrogens is 88.1 g/mol. The first-order valence-corrected chi connectivity index (χ1v) is 3.33. The molecule has 6 heavy (non-hydrogen) atoms. The molecule has 0 aromatic heterocycles. The molecule has 0 rings (SSSR count). The van der Waals surface area contributed by atoms with Crippen LogP contribution in [0, 0.1) is 0 Å². The van der Waals surface area contributed by atoms with Gasteiger partial charge in [-0.25, -0.2) is 0 Å². The van der Waals surface area contributed by atoms with E-state index in [0.29, 0.717) is 0 Å². The first-order chi connectivity index (χ1) is 1.91. The van der Waals surface area contributed by atoms with Crippen LogP contribution in [0.2, 0.25) is 6.04 Å². The van der Waals surface area contributed by atoms with Crippen LogP contribution in [0.1, 0.15) is 28.2 Å². The Bertz CT molecular complexity index is 5.90. The first-order valence-electron chi connectivity index (χ1n) is 1.91. The average molecular weight is 106 g/mol. The zero-order valence-electron chi connectivity index (χ0n) is 3.41. The molecule has 0 aliphatic rings. The second-order valence-corrected chi connectivity index (χ2v) is 2.00. The third-order valence-corrected chi connectivity index (χ3v) is 1.50. The number of hydrogen-bond acceptors (Lipinski definition) is 0. The van der Waals surface area contributed by atoms with E-state index in [-0.39, 0.29) is 14.9 Å². The molecule has 0 aromatic carbocycles. The van der Waals surface area contributed by atoms with E-state index in [1.807, 2.05) is 0 Å². The van der Waals surface area contributed by atoms with Crippen molar-refractivity contribution in [3.63, 3.8) is 0 Å². The molecule has 0 aromatic rings. The smallest absolute Gasteiger partial charge is 0.00278 e. The molecule has 0 atom stereocenters. The fraction of sp³-hybridized carbons (Fsp3) is 1.00. The van der Waals surface area contributed by atoms with Crippen LogP contribution in [0.15, 0.2) is 0 Å². The molecular formula is C5H18Si. The van der Waals surface area contributed by atoms with Gasteiger partial charge < -0.3 is 0 Å². The van der Waals surface area contributed by atoms with E-state index in [2.05, 4.69) is 6.92 Å². The number of hydrogen-bond donors (Lipinski definition) is 0. The summed E-state index contributed by atoms with van der Waals surface area (Å²) in [6, 6.07) is 1.46. The van der Waals surface area contributed by atoms with Crippen molar-refractivity contribution >= 4 is 10.2 Å². The van der Waals surface area contributed by atoms with E-state index in [0.717, 1.165) is 0 Å². The van der Waals surface area contributed by atoms with Crippen LogP contribution >= 0.6 is 0 Å². The largest absolute Gasteiger partial charge is 0.0776 e. The van der Waals surface area contributed by atoms with Crippen molar-refractivity contribution in [2.75, 3.05) is 0 Å². The fourth-order valence-corrected chi connectivity index (χ4v) is 0. The SMILES string of the molecule is C.C.CCC[SiH3]. The Morgan fingerprint density at radius 3 is 1.50 bits per heavy atom. The second-order valence-electron chi connectivity index (χ2n) is 1.000. The zero-order valence-corrected chi connectivity index (χ0v) is 5.41. The predicted molar refractivity (Wildman–Crippen MR) is 38.5 cm³/mol. The predicted octanol–water partition coefficient (Wildman–Crippen LogP) is 1.45. The van der Waals surface area contributed by atoms with Crippen LogP contribution in [0.25, 0.3) is 0 Å². The lowest BCUT2D eigenvalue weighted by Crippen LogP contribution is -1.55. The highest BCUT2D eigenvalue weighted by molar-refractivity contribution is 6.08. The molecule has 0 radical (unpaired) electrons. The Kier molecular flexibility index (Phi) is 51.4. The van der Waals surface area contributed by atoms with Crippen LogP contribution in [0.5, 0.6) is 0 Å². The van der Waals surface area contributed by atoms with Gasteiger partial charge in [0, 0.05) is 10.2 Å². The van der Waals surface area contributed by atoms with Gasteiger partial charge in [-0.3, -0.25) is 0 Å². The van der Waals surface area contributed by atoms with E-state index in [9.17, 15) is 0 Å². The normalized spacial score (nSPS) is 5.50. The molecule has 0 saturated heterocycles. The first kappa shape index (κ1) is 16.4. The van der Waals surface area contributed by atoms with Crippen molar-refractivity contribution < 1.29 is 0 Å². The van der Waals surface area contributed by atoms with Crippen LogP contribution in [0.3, 0.4) is 0 Å². The lowest BCUT2D eigenvalue weighted by atomic mass is 10.6. The summed E-state index contributed by atoms with van der Waals surface area (Å²) in [5, 5.41) is 0. The highest BCUT2D eigenvalue weighted by Gasteiger charge is 1.57. The van der Waals surface area contributed by atoms with E-state index in [1.165, 1.54) is 22.7 Å². The Hall–Kier alpha value is 0.217. The van der Waals surface area contributed by atoms with Crippen LogP contribution < -0.4 is 0 Å². The molecule has 0 nitrogen and oxygen atoms in total. The molecule has 0 amide bonds. The average Bonchev–Trinajstić information content (AvgIpc) is 1.37. The minimum Gasteiger partial charge on any atom is -0.0776 e. The molecule has 0 bridgehead atoms. The summed E-state index contributed by atoms with van der Waals surface area (Å²) in [6.07, 6.45) is 1.38. The van der Waals surface area contributed by atoms with Crippen molar-refractivity contribution in [1.29, 1.82) is 0 Å². The molecule has 0 unspecified atom stereocenters. The molecule has 0 aliphatic heterocycles. The van der Waals surface area contributed by atoms with Crippen LogP contribution in [0.4, 0.5) is 0 Å². The zero-order chi connectivity index (χ0) is 3.41. The summed E-state index contributed by atoms with van der Waals surface area (Å²) in [6.45, 7) is 2.22. The maximum atomic E-state index is 2.22. The maximum absolute atomic E-state index is 2.22. The Morgan fingerprint density at radius 1 is 1.33 bits per heavy atom. The molecule has 0 spiro atoms. The highest BCUT2D eigenvalue weighted by Crippen LogP contribution is 1.73. The summed E-state index contributed by atoms with van der Waals surface area (Å²) >= 11 is 0. The van der Waals surface area contributed by atoms with Crippen molar-refractivity contribution in [3.8, 4) is 0 Å². The molecule has 1 heteroatoms. The molecule has 0 fully saturated rings. The minimum absolute atomic E-state index is 0. The van der Waals surface area contributed by atoms with E-state index in [4.69, 9.17) is 0 Å². The summed E-state index contributed by atoms with van der Waals surface area (Å²) in [5.74, 6) is 0. The topological polar surface area (TPSA) is 0 Å². The van der Waals surface area contributed by atoms with Gasteiger partial charge in [0.25, 0.3) is 0 Å². The molecule has 0 saturated carbocycles. The summed E-state index contributed by atoms with van der Waals surface area (Å²) < 4.78 is 0. The Balaban J connectivity index is -0.0000000450. The molecule has 42 valence electrons. The van der Waals surface area contributed by atoms with Crippen LogP contribution in [-0.2, 0) is 0 Å². The van der Waals surface area contributed by atoms with Gasteiger partial charge in [0.15, 0.2) is 0 Å². The maximum Gasteiger partial charge on any atom is 0.00278 e. The summed E-state index contributed by atoms with van der Waals surface area (Å²) in [4.78, 5) is 0. The van der Waals surface area contributed by atoms with E-state index in [1.54, 1.807) is 0 Å². The third-order valence-electron chi connectivity index (χ3n) is 0.500. The molecule has 0 heterocycles. The lowest BCUT2D eigenvalue weighted by molar-refractivity contribution is 1.08. The minimum atomic E-state index is 0. The molecule has 0 aliphatic carbocycles. The van der Waals surface area contributed by atoms with Crippen molar-refractivity contribution in [3.05, 3.63) is 0 Å². The summed E-state index contributed by atoms with van der Waals surface area (Å²) in [7, 11) is 1.39. The standard InChI is InChI=1S/C3H10Si.2CH4/c1-2-3-4;;/h2-3H2,1,4H3;2*1H4. The third kappa shape index (κ3) is 29.5. The van der Waals surface area contributed by atoms with Gasteiger partial charge in [-0.15, -0.1) is 0 Å². The van der Waals surface area contributed by atoms with Crippen molar-refractivity contribution in [2.45, 2.75) is 34.2 Å². The quantitative estimate of drug-likeness (QED) is 0.444. The second kappa shape index (κ2) is 18.9. The van der Waals surface area contributed by atoms with Crippen molar-refractivity contribution in [1.82, 2.24) is 0 Å². The number of rotatable bonds is 1. The summed E-state index contributed by atoms with van der Waals surface area (Å²) in [5.41, 5.74) is 0. The van der Waals surface area contributed by atoms with Gasteiger partial charge in [-0.2, -0.15) is 0 Å². The van der Waals surface area contributed by atoms with Gasteiger partial charge in [0.2, 0.25) is 0 Å². The van der Waals surface area contributed by atoms with Gasteiger partial charge >= 0.3 is 0 Å². The Labute approximate surface area is 45.4 Å². The Morgan fingerprint density at radius 2 is 1.50 bits per heavy atom. The van der Waals surface area contributed by atoms with Crippen molar-refractivity contribution in [2.24, 2.45) is 0 Å².